The van der Waals surface area contributed by atoms with Gasteiger partial charge in [0.25, 0.3) is 5.88 Å². The summed E-state index contributed by atoms with van der Waals surface area (Å²) in [6.45, 7) is 0.331. The van der Waals surface area contributed by atoms with Crippen molar-refractivity contribution in [3.8, 4) is 22.9 Å². The zero-order valence-corrected chi connectivity index (χ0v) is 16.3. The van der Waals surface area contributed by atoms with Crippen LogP contribution in [-0.4, -0.2) is 51.4 Å². The average Bonchev–Trinajstić information content (AvgIpc) is 3.28. The molecule has 4 rings (SSSR count). The highest BCUT2D eigenvalue weighted by molar-refractivity contribution is 5.96. The van der Waals surface area contributed by atoms with Crippen molar-refractivity contribution in [1.29, 1.82) is 0 Å². The van der Waals surface area contributed by atoms with Crippen LogP contribution in [0.1, 0.15) is 5.56 Å². The van der Waals surface area contributed by atoms with Crippen LogP contribution in [0.15, 0.2) is 30.6 Å². The zero-order chi connectivity index (χ0) is 20.5. The molecule has 0 bridgehead atoms. The van der Waals surface area contributed by atoms with Crippen LogP contribution < -0.4 is 14.8 Å². The number of aliphatic carboxylic acids is 1. The summed E-state index contributed by atoms with van der Waals surface area (Å²) in [5, 5.41) is 12.7. The van der Waals surface area contributed by atoms with Crippen molar-refractivity contribution >= 4 is 28.0 Å². The van der Waals surface area contributed by atoms with Crippen molar-refractivity contribution in [3.05, 3.63) is 36.2 Å². The number of ether oxygens (including phenoxy) is 2. The van der Waals surface area contributed by atoms with Crippen LogP contribution >= 0.6 is 0 Å². The molecule has 0 saturated carbocycles. The lowest BCUT2D eigenvalue weighted by atomic mass is 10.1. The van der Waals surface area contributed by atoms with E-state index in [9.17, 15) is 4.79 Å². The molecule has 0 aliphatic rings. The third-order valence-corrected chi connectivity index (χ3v) is 4.81. The van der Waals surface area contributed by atoms with Crippen molar-refractivity contribution in [2.75, 3.05) is 20.8 Å². The number of carboxylic acids is 1. The fourth-order valence-corrected chi connectivity index (χ4v) is 3.43. The van der Waals surface area contributed by atoms with E-state index in [-0.39, 0.29) is 6.54 Å². The van der Waals surface area contributed by atoms with Gasteiger partial charge in [-0.05, 0) is 17.7 Å². The molecule has 150 valence electrons. The molecule has 4 aromatic heterocycles. The van der Waals surface area contributed by atoms with Gasteiger partial charge in [0.2, 0.25) is 0 Å². The summed E-state index contributed by atoms with van der Waals surface area (Å²) in [4.78, 5) is 23.1. The minimum Gasteiger partial charge on any atom is -0.491 e. The molecule has 0 aliphatic heterocycles. The molecule has 0 unspecified atom stereocenters. The van der Waals surface area contributed by atoms with E-state index in [2.05, 4.69) is 20.3 Å². The predicted octanol–water partition coefficient (Wildman–Crippen LogP) is 2.31. The molecule has 0 amide bonds. The fraction of sp³-hybridized carbons (Fsp3) is 0.250. The lowest BCUT2D eigenvalue weighted by Gasteiger charge is -2.07. The Hall–Kier alpha value is -3.59. The first-order chi connectivity index (χ1) is 14.0. The highest BCUT2D eigenvalue weighted by atomic mass is 16.5. The highest BCUT2D eigenvalue weighted by Crippen LogP contribution is 2.36. The van der Waals surface area contributed by atoms with Gasteiger partial charge in [-0.25, -0.2) is 9.97 Å². The third kappa shape index (κ3) is 3.36. The Labute approximate surface area is 166 Å². The van der Waals surface area contributed by atoms with Crippen LogP contribution in [-0.2, 0) is 18.4 Å². The molecule has 0 spiro atoms. The second-order valence-electron chi connectivity index (χ2n) is 6.63. The Morgan fingerprint density at radius 1 is 1.31 bits per heavy atom. The second-order valence-corrected chi connectivity index (χ2v) is 6.63. The van der Waals surface area contributed by atoms with Gasteiger partial charge in [-0.3, -0.25) is 4.79 Å². The van der Waals surface area contributed by atoms with Crippen molar-refractivity contribution in [2.45, 2.75) is 6.54 Å². The molecule has 0 atom stereocenters. The van der Waals surface area contributed by atoms with Gasteiger partial charge in [0.05, 0.1) is 32.0 Å². The molecule has 29 heavy (non-hydrogen) atoms. The fourth-order valence-electron chi connectivity index (χ4n) is 3.43. The molecule has 0 radical (unpaired) electrons. The third-order valence-electron chi connectivity index (χ3n) is 4.81. The van der Waals surface area contributed by atoms with Gasteiger partial charge < -0.3 is 29.4 Å². The number of hydrogen-bond donors (Lipinski definition) is 3. The van der Waals surface area contributed by atoms with E-state index in [0.29, 0.717) is 18.2 Å². The van der Waals surface area contributed by atoms with Gasteiger partial charge in [-0.1, -0.05) is 0 Å². The number of H-pyrrole nitrogens is 1. The van der Waals surface area contributed by atoms with Gasteiger partial charge in [-0.2, -0.15) is 0 Å². The first kappa shape index (κ1) is 18.8. The molecule has 0 aliphatic carbocycles. The number of methoxy groups -OCH3 is 2. The standard InChI is InChI=1S/C20H21N5O4/c1-25-10-13(18-15(25)7-16(28-2)20(24-18)29-3)14-6-12-11(8-21-9-17(26)27)4-5-22-19(12)23-14/h4-7,10,21H,8-9H2,1-3H3,(H,22,23)(H,26,27). The summed E-state index contributed by atoms with van der Waals surface area (Å²) < 4.78 is 12.7. The Kier molecular flexibility index (Phi) is 4.81. The quantitative estimate of drug-likeness (QED) is 0.440. The van der Waals surface area contributed by atoms with Crippen LogP contribution in [0, 0.1) is 0 Å². The number of carboxylic acid groups (broad SMARTS) is 1. The molecular weight excluding hydrogens is 374 g/mol. The summed E-state index contributed by atoms with van der Waals surface area (Å²) in [7, 11) is 5.09. The topological polar surface area (TPSA) is 114 Å². The summed E-state index contributed by atoms with van der Waals surface area (Å²) in [6, 6.07) is 5.78. The summed E-state index contributed by atoms with van der Waals surface area (Å²) in [5.41, 5.74) is 5.16. The molecule has 0 saturated heterocycles. The zero-order valence-electron chi connectivity index (χ0n) is 16.3. The van der Waals surface area contributed by atoms with Crippen molar-refractivity contribution in [2.24, 2.45) is 7.05 Å². The molecule has 4 aromatic rings. The monoisotopic (exact) mass is 395 g/mol. The Morgan fingerprint density at radius 2 is 2.14 bits per heavy atom. The normalized spacial score (nSPS) is 11.3. The van der Waals surface area contributed by atoms with Gasteiger partial charge in [0.15, 0.2) is 5.75 Å². The smallest absolute Gasteiger partial charge is 0.317 e. The number of aromatic amines is 1. The van der Waals surface area contributed by atoms with Crippen molar-refractivity contribution in [3.63, 3.8) is 0 Å². The van der Waals surface area contributed by atoms with Crippen molar-refractivity contribution in [1.82, 2.24) is 24.8 Å². The molecule has 0 aromatic carbocycles. The minimum absolute atomic E-state index is 0.101. The number of carbonyl (C=O) groups is 1. The van der Waals surface area contributed by atoms with E-state index in [1.165, 1.54) is 0 Å². The Morgan fingerprint density at radius 3 is 2.86 bits per heavy atom. The maximum atomic E-state index is 10.8. The number of aromatic nitrogens is 4. The number of fused-ring (bicyclic) bond motifs is 2. The number of nitrogens with one attached hydrogen (secondary N) is 2. The molecule has 9 nitrogen and oxygen atoms in total. The van der Waals surface area contributed by atoms with Gasteiger partial charge in [-0.15, -0.1) is 0 Å². The van der Waals surface area contributed by atoms with E-state index in [4.69, 9.17) is 14.6 Å². The van der Waals surface area contributed by atoms with Crippen LogP contribution in [0.3, 0.4) is 0 Å². The second kappa shape index (κ2) is 7.44. The average molecular weight is 395 g/mol. The van der Waals surface area contributed by atoms with Crippen LogP contribution in [0.25, 0.3) is 33.3 Å². The van der Waals surface area contributed by atoms with Gasteiger partial charge >= 0.3 is 5.97 Å². The maximum Gasteiger partial charge on any atom is 0.317 e. The van der Waals surface area contributed by atoms with Gasteiger partial charge in [0.1, 0.15) is 11.2 Å². The summed E-state index contributed by atoms with van der Waals surface area (Å²) in [5.74, 6) is 0.0920. The number of nitrogens with zero attached hydrogens (tertiary/aromatic N) is 3. The first-order valence-electron chi connectivity index (χ1n) is 8.99. The maximum absolute atomic E-state index is 10.8. The van der Waals surface area contributed by atoms with E-state index in [1.807, 2.05) is 36.0 Å². The number of pyridine rings is 2. The van der Waals surface area contributed by atoms with Gasteiger partial charge in [0, 0.05) is 43.0 Å². The largest absolute Gasteiger partial charge is 0.491 e. The van der Waals surface area contributed by atoms with Crippen LogP contribution in [0.2, 0.25) is 0 Å². The van der Waals surface area contributed by atoms with E-state index in [1.54, 1.807) is 20.4 Å². The molecule has 4 heterocycles. The van der Waals surface area contributed by atoms with Crippen molar-refractivity contribution < 1.29 is 19.4 Å². The molecule has 9 heteroatoms. The lowest BCUT2D eigenvalue weighted by molar-refractivity contribution is -0.135. The van der Waals surface area contributed by atoms with E-state index in [0.717, 1.165) is 38.9 Å². The first-order valence-corrected chi connectivity index (χ1v) is 8.99. The molecule has 0 fully saturated rings. The Balaban J connectivity index is 1.80. The molecular formula is C20H21N5O4. The SMILES string of the molecule is COc1cc2c(nc1OC)c(-c1cc3c(CNCC(=O)O)ccnc3[nH]1)cn2C. The number of rotatable bonds is 7. The summed E-state index contributed by atoms with van der Waals surface area (Å²) in [6.07, 6.45) is 3.69. The number of hydrogen-bond acceptors (Lipinski definition) is 6. The van der Waals surface area contributed by atoms with Crippen LogP contribution in [0.4, 0.5) is 0 Å². The van der Waals surface area contributed by atoms with Crippen LogP contribution in [0.5, 0.6) is 11.6 Å². The number of aryl methyl sites for hydroxylation is 1. The van der Waals surface area contributed by atoms with E-state index >= 15 is 0 Å². The predicted molar refractivity (Wildman–Crippen MR) is 108 cm³/mol. The Bertz CT molecular complexity index is 1210. The van der Waals surface area contributed by atoms with E-state index < -0.39 is 5.97 Å². The molecule has 3 N–H and O–H groups in total. The lowest BCUT2D eigenvalue weighted by Crippen LogP contribution is -2.21. The summed E-state index contributed by atoms with van der Waals surface area (Å²) >= 11 is 0. The highest BCUT2D eigenvalue weighted by Gasteiger charge is 2.17. The minimum atomic E-state index is -0.892.